The van der Waals surface area contributed by atoms with Crippen molar-refractivity contribution in [1.29, 1.82) is 0 Å². The number of rotatable bonds is 5. The second-order valence-corrected chi connectivity index (χ2v) is 3.63. The van der Waals surface area contributed by atoms with Gasteiger partial charge in [0.2, 0.25) is 5.88 Å². The first kappa shape index (κ1) is 11.6. The van der Waals surface area contributed by atoms with E-state index in [-0.39, 0.29) is 0 Å². The Morgan fingerprint density at radius 3 is 3.06 bits per heavy atom. The highest BCUT2D eigenvalue weighted by Crippen LogP contribution is 2.21. The van der Waals surface area contributed by atoms with Gasteiger partial charge in [-0.2, -0.15) is 5.10 Å². The highest BCUT2D eigenvalue weighted by atomic mass is 16.5. The molecule has 0 aliphatic carbocycles. The van der Waals surface area contributed by atoms with Crippen molar-refractivity contribution in [3.8, 4) is 11.6 Å². The molecule has 2 aromatic rings. The summed E-state index contributed by atoms with van der Waals surface area (Å²) in [5.74, 6) is 1.33. The van der Waals surface area contributed by atoms with Crippen LogP contribution in [0.1, 0.15) is 12.5 Å². The maximum absolute atomic E-state index is 5.71. The fourth-order valence-electron chi connectivity index (χ4n) is 1.52. The fourth-order valence-corrected chi connectivity index (χ4v) is 1.52. The van der Waals surface area contributed by atoms with Crippen LogP contribution in [0.25, 0.3) is 0 Å². The van der Waals surface area contributed by atoms with Gasteiger partial charge in [-0.25, -0.2) is 4.98 Å². The van der Waals surface area contributed by atoms with Crippen LogP contribution in [0.4, 0.5) is 0 Å². The molecule has 0 bridgehead atoms. The Bertz CT molecular complexity index is 481. The molecule has 0 aliphatic rings. The SMILES string of the molecule is CCn1cc(Oc2ncccc2CNC)cn1. The molecule has 0 aromatic carbocycles. The molecule has 2 aromatic heterocycles. The Hall–Kier alpha value is -1.88. The van der Waals surface area contributed by atoms with E-state index in [0.717, 1.165) is 18.7 Å². The molecular formula is C12H16N4O. The average molecular weight is 232 g/mol. The lowest BCUT2D eigenvalue weighted by atomic mass is 10.3. The number of hydrogen-bond acceptors (Lipinski definition) is 4. The van der Waals surface area contributed by atoms with E-state index in [1.165, 1.54) is 0 Å². The van der Waals surface area contributed by atoms with Gasteiger partial charge in [0.1, 0.15) is 0 Å². The van der Waals surface area contributed by atoms with E-state index >= 15 is 0 Å². The maximum atomic E-state index is 5.71. The van der Waals surface area contributed by atoms with Gasteiger partial charge in [0.05, 0.1) is 12.4 Å². The molecule has 0 fully saturated rings. The van der Waals surface area contributed by atoms with E-state index < -0.39 is 0 Å². The lowest BCUT2D eigenvalue weighted by molar-refractivity contribution is 0.453. The van der Waals surface area contributed by atoms with Crippen LogP contribution in [0.5, 0.6) is 11.6 Å². The second-order valence-electron chi connectivity index (χ2n) is 3.63. The fraction of sp³-hybridized carbons (Fsp3) is 0.333. The van der Waals surface area contributed by atoms with Crippen LogP contribution in [0.3, 0.4) is 0 Å². The van der Waals surface area contributed by atoms with E-state index in [0.29, 0.717) is 11.6 Å². The smallest absolute Gasteiger partial charge is 0.223 e. The summed E-state index contributed by atoms with van der Waals surface area (Å²) in [7, 11) is 1.89. The summed E-state index contributed by atoms with van der Waals surface area (Å²) in [5, 5.41) is 7.24. The molecule has 17 heavy (non-hydrogen) atoms. The summed E-state index contributed by atoms with van der Waals surface area (Å²) in [6, 6.07) is 3.89. The van der Waals surface area contributed by atoms with Gasteiger partial charge in [0.25, 0.3) is 0 Å². The van der Waals surface area contributed by atoms with E-state index in [1.807, 2.05) is 37.0 Å². The third kappa shape index (κ3) is 2.82. The summed E-state index contributed by atoms with van der Waals surface area (Å²) in [6.07, 6.45) is 5.28. The van der Waals surface area contributed by atoms with Crippen LogP contribution in [-0.2, 0) is 13.1 Å². The molecule has 0 atom stereocenters. The van der Waals surface area contributed by atoms with Crippen molar-refractivity contribution in [2.75, 3.05) is 7.05 Å². The molecule has 0 saturated heterocycles. The zero-order chi connectivity index (χ0) is 12.1. The van der Waals surface area contributed by atoms with E-state index in [4.69, 9.17) is 4.74 Å². The molecule has 1 N–H and O–H groups in total. The van der Waals surface area contributed by atoms with E-state index in [1.54, 1.807) is 12.4 Å². The molecule has 0 radical (unpaired) electrons. The molecule has 0 aliphatic heterocycles. The lowest BCUT2D eigenvalue weighted by Crippen LogP contribution is -2.06. The quantitative estimate of drug-likeness (QED) is 0.854. The van der Waals surface area contributed by atoms with E-state index in [9.17, 15) is 0 Å². The van der Waals surface area contributed by atoms with Gasteiger partial charge in [-0.05, 0) is 20.0 Å². The first-order chi connectivity index (χ1) is 8.33. The number of nitrogens with zero attached hydrogens (tertiary/aromatic N) is 3. The highest BCUT2D eigenvalue weighted by Gasteiger charge is 2.06. The van der Waals surface area contributed by atoms with Crippen LogP contribution in [0, 0.1) is 0 Å². The van der Waals surface area contributed by atoms with Crippen molar-refractivity contribution in [2.45, 2.75) is 20.0 Å². The topological polar surface area (TPSA) is 52.0 Å². The monoisotopic (exact) mass is 232 g/mol. The van der Waals surface area contributed by atoms with E-state index in [2.05, 4.69) is 15.4 Å². The molecule has 2 heterocycles. The van der Waals surface area contributed by atoms with Gasteiger partial charge in [0, 0.05) is 24.8 Å². The van der Waals surface area contributed by atoms with Crippen molar-refractivity contribution in [3.63, 3.8) is 0 Å². The molecule has 0 amide bonds. The molecule has 0 saturated carbocycles. The Morgan fingerprint density at radius 1 is 1.47 bits per heavy atom. The van der Waals surface area contributed by atoms with Gasteiger partial charge >= 0.3 is 0 Å². The molecule has 5 nitrogen and oxygen atoms in total. The van der Waals surface area contributed by atoms with Crippen LogP contribution < -0.4 is 10.1 Å². The Kier molecular flexibility index (Phi) is 3.72. The van der Waals surface area contributed by atoms with Crippen molar-refractivity contribution in [2.24, 2.45) is 0 Å². The normalized spacial score (nSPS) is 10.5. The minimum atomic E-state index is 0.623. The Morgan fingerprint density at radius 2 is 2.35 bits per heavy atom. The average Bonchev–Trinajstić information content (AvgIpc) is 2.80. The van der Waals surface area contributed by atoms with Gasteiger partial charge in [0.15, 0.2) is 5.75 Å². The second kappa shape index (κ2) is 5.45. The Labute approximate surface area is 100 Å². The lowest BCUT2D eigenvalue weighted by Gasteiger charge is -2.07. The number of nitrogens with one attached hydrogen (secondary N) is 1. The maximum Gasteiger partial charge on any atom is 0.223 e. The number of ether oxygens (including phenoxy) is 1. The van der Waals surface area contributed by atoms with Crippen molar-refractivity contribution >= 4 is 0 Å². The van der Waals surface area contributed by atoms with Crippen molar-refractivity contribution in [3.05, 3.63) is 36.3 Å². The predicted molar refractivity (Wildman–Crippen MR) is 65.0 cm³/mol. The van der Waals surface area contributed by atoms with Gasteiger partial charge < -0.3 is 10.1 Å². The summed E-state index contributed by atoms with van der Waals surface area (Å²) in [4.78, 5) is 4.23. The third-order valence-electron chi connectivity index (χ3n) is 2.37. The molecule has 0 unspecified atom stereocenters. The zero-order valence-electron chi connectivity index (χ0n) is 10.1. The highest BCUT2D eigenvalue weighted by molar-refractivity contribution is 5.29. The van der Waals surface area contributed by atoms with Gasteiger partial charge in [-0.1, -0.05) is 6.07 Å². The van der Waals surface area contributed by atoms with Crippen LogP contribution in [0.2, 0.25) is 0 Å². The largest absolute Gasteiger partial charge is 0.435 e. The number of aryl methyl sites for hydroxylation is 1. The number of hydrogen-bond donors (Lipinski definition) is 1. The Balaban J connectivity index is 2.17. The summed E-state index contributed by atoms with van der Waals surface area (Å²) in [5.41, 5.74) is 1.03. The zero-order valence-corrected chi connectivity index (χ0v) is 10.1. The summed E-state index contributed by atoms with van der Waals surface area (Å²) in [6.45, 7) is 3.59. The van der Waals surface area contributed by atoms with Crippen LogP contribution >= 0.6 is 0 Å². The minimum absolute atomic E-state index is 0.623. The third-order valence-corrected chi connectivity index (χ3v) is 2.37. The van der Waals surface area contributed by atoms with Gasteiger partial charge in [-0.3, -0.25) is 4.68 Å². The van der Waals surface area contributed by atoms with Crippen LogP contribution in [-0.4, -0.2) is 21.8 Å². The van der Waals surface area contributed by atoms with Crippen molar-refractivity contribution < 1.29 is 4.74 Å². The summed E-state index contributed by atoms with van der Waals surface area (Å²) >= 11 is 0. The molecule has 90 valence electrons. The molecule has 2 rings (SSSR count). The standard InChI is InChI=1S/C12H16N4O/c1-3-16-9-11(8-15-16)17-12-10(7-13-2)5-4-6-14-12/h4-6,8-9,13H,3,7H2,1-2H3. The summed E-state index contributed by atoms with van der Waals surface area (Å²) < 4.78 is 7.53. The van der Waals surface area contributed by atoms with Crippen LogP contribution in [0.15, 0.2) is 30.7 Å². The van der Waals surface area contributed by atoms with Crippen molar-refractivity contribution in [1.82, 2.24) is 20.1 Å². The van der Waals surface area contributed by atoms with Gasteiger partial charge in [-0.15, -0.1) is 0 Å². The molecular weight excluding hydrogens is 216 g/mol. The number of pyridine rings is 1. The molecule has 0 spiro atoms. The molecule has 5 heteroatoms. The predicted octanol–water partition coefficient (Wildman–Crippen LogP) is 1.81. The first-order valence-electron chi connectivity index (χ1n) is 5.62. The number of aromatic nitrogens is 3. The minimum Gasteiger partial charge on any atom is -0.435 e. The first-order valence-corrected chi connectivity index (χ1v) is 5.62.